The van der Waals surface area contributed by atoms with Crippen molar-refractivity contribution in [2.24, 2.45) is 0 Å². The van der Waals surface area contributed by atoms with Crippen molar-refractivity contribution in [3.05, 3.63) is 68.4 Å². The second-order valence-corrected chi connectivity index (χ2v) is 11.8. The number of hydrogen-bond acceptors (Lipinski definition) is 8. The molecule has 0 spiro atoms. The number of carbonyl (C=O) groups excluding carboxylic acids is 2. The fraction of sp³-hybridized carbons (Fsp3) is 0.393. The van der Waals surface area contributed by atoms with E-state index < -0.39 is 23.2 Å². The Bertz CT molecular complexity index is 1540. The summed E-state index contributed by atoms with van der Waals surface area (Å²) >= 11 is 12.9. The van der Waals surface area contributed by atoms with E-state index in [4.69, 9.17) is 38.4 Å². The van der Waals surface area contributed by atoms with Crippen molar-refractivity contribution in [2.75, 3.05) is 17.6 Å². The molecule has 216 valence electrons. The van der Waals surface area contributed by atoms with Gasteiger partial charge in [-0.25, -0.2) is 9.78 Å². The number of nitrogen functional groups attached to an aromatic ring is 1. The molecule has 3 aromatic rings. The molecule has 2 amide bonds. The highest BCUT2D eigenvalue weighted by atomic mass is 35.5. The number of nitrogens with zero attached hydrogens (tertiary/aromatic N) is 4. The summed E-state index contributed by atoms with van der Waals surface area (Å²) in [6.45, 7) is 5.98. The number of nitrogens with two attached hydrogens (primary N) is 1. The number of amides is 2. The van der Waals surface area contributed by atoms with E-state index >= 15 is 0 Å². The van der Waals surface area contributed by atoms with Crippen LogP contribution in [0.25, 0.3) is 5.69 Å². The van der Waals surface area contributed by atoms with Crippen molar-refractivity contribution in [2.45, 2.75) is 64.2 Å². The highest BCUT2D eigenvalue weighted by molar-refractivity contribution is 6.38. The number of carbonyl (C=O) groups is 2. The summed E-state index contributed by atoms with van der Waals surface area (Å²) in [4.78, 5) is 49.5. The highest BCUT2D eigenvalue weighted by Gasteiger charge is 2.33. The number of nitrogens with one attached hydrogen (secondary N) is 1. The van der Waals surface area contributed by atoms with Crippen molar-refractivity contribution in [1.82, 2.24) is 19.4 Å². The summed E-state index contributed by atoms with van der Waals surface area (Å²) in [5.74, 6) is -0.564. The van der Waals surface area contributed by atoms with E-state index in [-0.39, 0.29) is 39.3 Å². The Kier molecular flexibility index (Phi) is 7.85. The van der Waals surface area contributed by atoms with E-state index in [1.807, 2.05) is 20.8 Å². The standard InChI is InChI=1S/C28H30Cl2N6O5/c1-28(2,3)41-27(39)35-8-4-5-21(35)15-9-16(13-32-12-15)34-25(37)22-24(31)33-14-36(26(22)38)23-19(29)10-18(11-20(23)30)40-17-6-7-17/h9-14,17,21H,4-8,31H2,1-3H3,(H,34,37)/t21-/m0/s1. The van der Waals surface area contributed by atoms with Crippen molar-refractivity contribution in [3.63, 3.8) is 0 Å². The van der Waals surface area contributed by atoms with Crippen LogP contribution in [-0.4, -0.2) is 49.7 Å². The number of benzene rings is 1. The first kappa shape index (κ1) is 28.7. The van der Waals surface area contributed by atoms with E-state index in [1.165, 1.54) is 6.20 Å². The lowest BCUT2D eigenvalue weighted by Crippen LogP contribution is -2.36. The zero-order chi connectivity index (χ0) is 29.5. The third-order valence-electron chi connectivity index (χ3n) is 6.57. The van der Waals surface area contributed by atoms with Crippen LogP contribution in [-0.2, 0) is 4.74 Å². The smallest absolute Gasteiger partial charge is 0.410 e. The van der Waals surface area contributed by atoms with E-state index in [1.54, 1.807) is 29.3 Å². The van der Waals surface area contributed by atoms with Gasteiger partial charge in [-0.1, -0.05) is 23.2 Å². The maximum Gasteiger partial charge on any atom is 0.410 e. The maximum absolute atomic E-state index is 13.5. The molecule has 1 aliphatic carbocycles. The van der Waals surface area contributed by atoms with Gasteiger partial charge < -0.3 is 25.4 Å². The predicted octanol–water partition coefficient (Wildman–Crippen LogP) is 5.38. The molecule has 5 rings (SSSR count). The van der Waals surface area contributed by atoms with Gasteiger partial charge in [0.2, 0.25) is 0 Å². The first-order valence-electron chi connectivity index (χ1n) is 13.2. The highest BCUT2D eigenvalue weighted by Crippen LogP contribution is 2.36. The molecule has 13 heteroatoms. The predicted molar refractivity (Wildman–Crippen MR) is 155 cm³/mol. The molecule has 0 unspecified atom stereocenters. The summed E-state index contributed by atoms with van der Waals surface area (Å²) in [6, 6.07) is 4.55. The SMILES string of the molecule is CC(C)(C)OC(=O)N1CCC[C@H]1c1cncc(NC(=O)c2c(N)ncn(-c3c(Cl)cc(OC4CC4)cc3Cl)c2=O)c1. The average Bonchev–Trinajstić information content (AvgIpc) is 3.54. The maximum atomic E-state index is 13.5. The third-order valence-corrected chi connectivity index (χ3v) is 7.15. The minimum absolute atomic E-state index is 0.131. The van der Waals surface area contributed by atoms with Crippen LogP contribution in [0.3, 0.4) is 0 Å². The molecule has 11 nitrogen and oxygen atoms in total. The van der Waals surface area contributed by atoms with Gasteiger partial charge in [0.25, 0.3) is 11.5 Å². The molecule has 3 N–H and O–H groups in total. The number of likely N-dealkylation sites (tertiary alicyclic amines) is 1. The molecule has 0 radical (unpaired) electrons. The fourth-order valence-corrected chi connectivity index (χ4v) is 5.26. The van der Waals surface area contributed by atoms with Gasteiger partial charge in [0, 0.05) is 24.9 Å². The van der Waals surface area contributed by atoms with Gasteiger partial charge in [-0.15, -0.1) is 0 Å². The van der Waals surface area contributed by atoms with Crippen LogP contribution in [0.5, 0.6) is 5.75 Å². The van der Waals surface area contributed by atoms with Crippen LogP contribution in [0.1, 0.15) is 68.4 Å². The van der Waals surface area contributed by atoms with Crippen molar-refractivity contribution < 1.29 is 19.1 Å². The minimum Gasteiger partial charge on any atom is -0.490 e. The summed E-state index contributed by atoms with van der Waals surface area (Å²) in [5, 5.41) is 2.97. The Morgan fingerprint density at radius 3 is 2.46 bits per heavy atom. The van der Waals surface area contributed by atoms with Crippen LogP contribution in [0.4, 0.5) is 16.3 Å². The van der Waals surface area contributed by atoms with Gasteiger partial charge in [-0.05, 0) is 58.1 Å². The largest absolute Gasteiger partial charge is 0.490 e. The first-order valence-corrected chi connectivity index (χ1v) is 14.0. The number of anilines is 2. The lowest BCUT2D eigenvalue weighted by Gasteiger charge is -2.28. The lowest BCUT2D eigenvalue weighted by molar-refractivity contribution is 0.0224. The van der Waals surface area contributed by atoms with Gasteiger partial charge in [-0.3, -0.25) is 19.1 Å². The molecule has 1 saturated heterocycles. The fourth-order valence-electron chi connectivity index (χ4n) is 4.61. The number of halogens is 2. The van der Waals surface area contributed by atoms with Gasteiger partial charge in [0.05, 0.1) is 39.8 Å². The topological polar surface area (TPSA) is 142 Å². The Morgan fingerprint density at radius 2 is 1.80 bits per heavy atom. The van der Waals surface area contributed by atoms with Crippen LogP contribution >= 0.6 is 23.2 Å². The molecule has 2 aromatic heterocycles. The van der Waals surface area contributed by atoms with E-state index in [0.29, 0.717) is 24.4 Å². The van der Waals surface area contributed by atoms with Gasteiger partial charge in [0.15, 0.2) is 0 Å². The number of aromatic nitrogens is 3. The van der Waals surface area contributed by atoms with Crippen molar-refractivity contribution in [1.29, 1.82) is 0 Å². The first-order chi connectivity index (χ1) is 19.4. The van der Waals surface area contributed by atoms with E-state index in [0.717, 1.165) is 35.7 Å². The zero-order valence-corrected chi connectivity index (χ0v) is 24.3. The Labute approximate surface area is 246 Å². The van der Waals surface area contributed by atoms with Crippen LogP contribution in [0.2, 0.25) is 10.0 Å². The van der Waals surface area contributed by atoms with Gasteiger partial charge in [0.1, 0.15) is 29.1 Å². The molecule has 1 aromatic carbocycles. The van der Waals surface area contributed by atoms with E-state index in [9.17, 15) is 14.4 Å². The molecule has 41 heavy (non-hydrogen) atoms. The van der Waals surface area contributed by atoms with Crippen molar-refractivity contribution >= 4 is 46.7 Å². The second kappa shape index (κ2) is 11.2. The third kappa shape index (κ3) is 6.41. The van der Waals surface area contributed by atoms with Gasteiger partial charge in [-0.2, -0.15) is 0 Å². The Balaban J connectivity index is 1.39. The molecule has 1 atom stereocenters. The van der Waals surface area contributed by atoms with Crippen LogP contribution in [0.15, 0.2) is 41.7 Å². The average molecular weight is 601 g/mol. The molecule has 1 aliphatic heterocycles. The second-order valence-electron chi connectivity index (χ2n) is 11.0. The summed E-state index contributed by atoms with van der Waals surface area (Å²) in [7, 11) is 0. The molecular weight excluding hydrogens is 571 g/mol. The molecule has 2 fully saturated rings. The molecular formula is C28H30Cl2N6O5. The molecule has 2 aliphatic rings. The summed E-state index contributed by atoms with van der Waals surface area (Å²) in [6.07, 6.45) is 7.37. The molecule has 1 saturated carbocycles. The van der Waals surface area contributed by atoms with Crippen LogP contribution in [0, 0.1) is 0 Å². The number of pyridine rings is 1. The van der Waals surface area contributed by atoms with Gasteiger partial charge >= 0.3 is 6.09 Å². The van der Waals surface area contributed by atoms with E-state index in [2.05, 4.69) is 15.3 Å². The number of ether oxygens (including phenoxy) is 2. The zero-order valence-electron chi connectivity index (χ0n) is 22.8. The van der Waals surface area contributed by atoms with Crippen molar-refractivity contribution in [3.8, 4) is 11.4 Å². The summed E-state index contributed by atoms with van der Waals surface area (Å²) < 4.78 is 12.4. The number of rotatable bonds is 6. The van der Waals surface area contributed by atoms with Crippen LogP contribution < -0.4 is 21.3 Å². The molecule has 0 bridgehead atoms. The number of hydrogen-bond donors (Lipinski definition) is 2. The summed E-state index contributed by atoms with van der Waals surface area (Å²) in [5.41, 5.74) is 5.38. The quantitative estimate of drug-likeness (QED) is 0.384. The monoisotopic (exact) mass is 600 g/mol. The lowest BCUT2D eigenvalue weighted by atomic mass is 10.1. The minimum atomic E-state index is -0.787. The Morgan fingerprint density at radius 1 is 1.10 bits per heavy atom. The normalized spacial score (nSPS) is 16.9. The Hall–Kier alpha value is -3.83. The molecule has 3 heterocycles.